The Bertz CT molecular complexity index is 894. The number of hydrogen-bond acceptors (Lipinski definition) is 3. The third-order valence-corrected chi connectivity index (χ3v) is 10.1. The fourth-order valence-electron chi connectivity index (χ4n) is 6.99. The molecule has 1 heterocycles. The van der Waals surface area contributed by atoms with Gasteiger partial charge in [0.25, 0.3) is 0 Å². The molecule has 29 heavy (non-hydrogen) atoms. The number of carbonyl (C=O) groups excluding carboxylic acids is 1. The highest BCUT2D eigenvalue weighted by Gasteiger charge is 2.52. The maximum Gasteiger partial charge on any atom is 0.243 e. The number of nitrogens with zero attached hydrogens (tertiary/aromatic N) is 2. The van der Waals surface area contributed by atoms with Crippen LogP contribution >= 0.6 is 0 Å². The van der Waals surface area contributed by atoms with Gasteiger partial charge < -0.3 is 4.90 Å². The Morgan fingerprint density at radius 1 is 1.03 bits per heavy atom. The highest BCUT2D eigenvalue weighted by molar-refractivity contribution is 7.89. The van der Waals surface area contributed by atoms with E-state index in [4.69, 9.17) is 0 Å². The Labute approximate surface area is 174 Å². The zero-order chi connectivity index (χ0) is 20.3. The average molecular weight is 417 g/mol. The maximum atomic E-state index is 13.6. The minimum Gasteiger partial charge on any atom is -0.312 e. The third kappa shape index (κ3) is 3.05. The van der Waals surface area contributed by atoms with E-state index >= 15 is 0 Å². The normalized spacial score (nSPS) is 32.8. The third-order valence-electron chi connectivity index (χ3n) is 8.07. The average Bonchev–Trinajstić information content (AvgIpc) is 3.11. The molecule has 0 spiro atoms. The van der Waals surface area contributed by atoms with Gasteiger partial charge in [0, 0.05) is 31.2 Å². The van der Waals surface area contributed by atoms with Gasteiger partial charge in [0.05, 0.1) is 4.90 Å². The number of hydrogen-bond donors (Lipinski definition) is 0. The van der Waals surface area contributed by atoms with Crippen LogP contribution in [0.25, 0.3) is 0 Å². The van der Waals surface area contributed by atoms with Gasteiger partial charge in [-0.3, -0.25) is 4.79 Å². The summed E-state index contributed by atoms with van der Waals surface area (Å²) < 4.78 is 27.2. The maximum absolute atomic E-state index is 13.6. The van der Waals surface area contributed by atoms with Crippen LogP contribution in [0.1, 0.15) is 51.5 Å². The molecule has 1 aromatic carbocycles. The molecule has 4 aliphatic carbocycles. The van der Waals surface area contributed by atoms with Crippen LogP contribution in [0.2, 0.25) is 0 Å². The van der Waals surface area contributed by atoms with Crippen molar-refractivity contribution in [3.63, 3.8) is 0 Å². The molecule has 5 aliphatic rings. The number of sulfonamides is 1. The molecule has 4 saturated carbocycles. The molecule has 6 heteroatoms. The molecule has 1 aliphatic heterocycles. The minimum atomic E-state index is -3.46. The Hall–Kier alpha value is -1.40. The largest absolute Gasteiger partial charge is 0.312 e. The summed E-state index contributed by atoms with van der Waals surface area (Å²) in [5.74, 6) is 3.36. The molecule has 0 saturated heterocycles. The predicted molar refractivity (Wildman–Crippen MR) is 113 cm³/mol. The standard InChI is InChI=1S/C23H32N2O3S/c1-3-24(4-2)29(27,28)20-5-6-21-17(14-20)7-8-25(21)23(26)22-18-10-15-9-16(12-18)13-19(22)11-15/h5-6,14-16,18-19,22H,3-4,7-13H2,1-2H3. The van der Waals surface area contributed by atoms with Crippen LogP contribution < -0.4 is 4.90 Å². The Morgan fingerprint density at radius 3 is 2.24 bits per heavy atom. The van der Waals surface area contributed by atoms with Crippen molar-refractivity contribution in [1.82, 2.24) is 4.31 Å². The highest BCUT2D eigenvalue weighted by atomic mass is 32.2. The topological polar surface area (TPSA) is 57.7 Å². The highest BCUT2D eigenvalue weighted by Crippen LogP contribution is 2.57. The summed E-state index contributed by atoms with van der Waals surface area (Å²) in [4.78, 5) is 15.9. The smallest absolute Gasteiger partial charge is 0.243 e. The van der Waals surface area contributed by atoms with Crippen LogP contribution in [0, 0.1) is 29.6 Å². The van der Waals surface area contributed by atoms with E-state index in [1.54, 1.807) is 12.1 Å². The van der Waals surface area contributed by atoms with E-state index < -0.39 is 10.0 Å². The Balaban J connectivity index is 1.40. The second kappa shape index (κ2) is 7.09. The summed E-state index contributed by atoms with van der Waals surface area (Å²) in [5.41, 5.74) is 1.93. The predicted octanol–water partition coefficient (Wildman–Crippen LogP) is 3.68. The van der Waals surface area contributed by atoms with Gasteiger partial charge in [-0.25, -0.2) is 8.42 Å². The van der Waals surface area contributed by atoms with Gasteiger partial charge in [0.2, 0.25) is 15.9 Å². The molecule has 0 radical (unpaired) electrons. The molecule has 6 rings (SSSR count). The number of fused-ring (bicyclic) bond motifs is 1. The fourth-order valence-corrected chi connectivity index (χ4v) is 8.50. The molecule has 0 aromatic heterocycles. The molecule has 1 amide bonds. The Morgan fingerprint density at radius 2 is 1.66 bits per heavy atom. The molecule has 4 fully saturated rings. The van der Waals surface area contributed by atoms with Crippen LogP contribution in [0.15, 0.2) is 23.1 Å². The van der Waals surface area contributed by atoms with Crippen molar-refractivity contribution < 1.29 is 13.2 Å². The van der Waals surface area contributed by atoms with Crippen molar-refractivity contribution in [3.05, 3.63) is 23.8 Å². The zero-order valence-corrected chi connectivity index (χ0v) is 18.3. The molecule has 0 N–H and O–H groups in total. The van der Waals surface area contributed by atoms with Crippen molar-refractivity contribution in [3.8, 4) is 0 Å². The SMILES string of the molecule is CCN(CC)S(=O)(=O)c1ccc2c(c1)CCN2C(=O)C1C2CC3CC(C2)CC1C3. The quantitative estimate of drug-likeness (QED) is 0.736. The lowest BCUT2D eigenvalue weighted by Crippen LogP contribution is -2.51. The summed E-state index contributed by atoms with van der Waals surface area (Å²) in [6, 6.07) is 5.36. The van der Waals surface area contributed by atoms with E-state index in [0.717, 1.165) is 29.5 Å². The van der Waals surface area contributed by atoms with E-state index in [2.05, 4.69) is 0 Å². The van der Waals surface area contributed by atoms with Crippen molar-refractivity contribution >= 4 is 21.6 Å². The van der Waals surface area contributed by atoms with E-state index in [-0.39, 0.29) is 5.92 Å². The minimum absolute atomic E-state index is 0.188. The second-order valence-electron chi connectivity index (χ2n) is 9.58. The van der Waals surface area contributed by atoms with Crippen molar-refractivity contribution in [2.24, 2.45) is 29.6 Å². The molecule has 0 atom stereocenters. The molecule has 4 bridgehead atoms. The van der Waals surface area contributed by atoms with Crippen molar-refractivity contribution in [1.29, 1.82) is 0 Å². The van der Waals surface area contributed by atoms with Crippen LogP contribution in [0.5, 0.6) is 0 Å². The number of benzene rings is 1. The first-order valence-corrected chi connectivity index (χ1v) is 12.8. The number of amides is 1. The molecule has 0 unspecified atom stereocenters. The van der Waals surface area contributed by atoms with E-state index in [1.807, 2.05) is 24.8 Å². The van der Waals surface area contributed by atoms with E-state index in [1.165, 1.54) is 36.4 Å². The van der Waals surface area contributed by atoms with Crippen LogP contribution in [-0.4, -0.2) is 38.3 Å². The number of anilines is 1. The first-order valence-electron chi connectivity index (χ1n) is 11.4. The van der Waals surface area contributed by atoms with Gasteiger partial charge >= 0.3 is 0 Å². The molecule has 158 valence electrons. The first-order chi connectivity index (χ1) is 13.9. The molecule has 5 nitrogen and oxygen atoms in total. The lowest BCUT2D eigenvalue weighted by atomic mass is 9.51. The van der Waals surface area contributed by atoms with Gasteiger partial charge in [0.1, 0.15) is 0 Å². The monoisotopic (exact) mass is 416 g/mol. The summed E-state index contributed by atoms with van der Waals surface area (Å²) in [7, 11) is -3.46. The van der Waals surface area contributed by atoms with Gasteiger partial charge in [-0.2, -0.15) is 4.31 Å². The lowest BCUT2D eigenvalue weighted by molar-refractivity contribution is -0.135. The van der Waals surface area contributed by atoms with Crippen LogP contribution in [-0.2, 0) is 21.2 Å². The van der Waals surface area contributed by atoms with Gasteiger partial charge in [-0.15, -0.1) is 0 Å². The lowest BCUT2D eigenvalue weighted by Gasteiger charge is -2.54. The fraction of sp³-hybridized carbons (Fsp3) is 0.696. The molecular weight excluding hydrogens is 384 g/mol. The summed E-state index contributed by atoms with van der Waals surface area (Å²) in [5, 5.41) is 0. The summed E-state index contributed by atoms with van der Waals surface area (Å²) in [6.45, 7) is 5.34. The van der Waals surface area contributed by atoms with Crippen LogP contribution in [0.4, 0.5) is 5.69 Å². The number of carbonyl (C=O) groups is 1. The summed E-state index contributed by atoms with van der Waals surface area (Å²) in [6.07, 6.45) is 7.10. The van der Waals surface area contributed by atoms with Crippen molar-refractivity contribution in [2.45, 2.75) is 57.3 Å². The summed E-state index contributed by atoms with van der Waals surface area (Å²) >= 11 is 0. The van der Waals surface area contributed by atoms with Crippen molar-refractivity contribution in [2.75, 3.05) is 24.5 Å². The first kappa shape index (κ1) is 19.6. The molecule has 1 aromatic rings. The van der Waals surface area contributed by atoms with Gasteiger partial charge in [0.15, 0.2) is 0 Å². The van der Waals surface area contributed by atoms with Gasteiger partial charge in [-0.1, -0.05) is 13.8 Å². The van der Waals surface area contributed by atoms with Crippen LogP contribution in [0.3, 0.4) is 0 Å². The number of rotatable bonds is 5. The van der Waals surface area contributed by atoms with E-state index in [0.29, 0.717) is 42.3 Å². The van der Waals surface area contributed by atoms with Gasteiger partial charge in [-0.05, 0) is 86.0 Å². The second-order valence-corrected chi connectivity index (χ2v) is 11.5. The zero-order valence-electron chi connectivity index (χ0n) is 17.5. The Kier molecular flexibility index (Phi) is 4.78. The molecular formula is C23H32N2O3S. The van der Waals surface area contributed by atoms with E-state index in [9.17, 15) is 13.2 Å².